The van der Waals surface area contributed by atoms with E-state index in [1.165, 1.54) is 18.3 Å². The number of fused-ring (bicyclic) bond motifs is 1. The first-order valence-corrected chi connectivity index (χ1v) is 8.32. The van der Waals surface area contributed by atoms with E-state index >= 15 is 0 Å². The Hall–Kier alpha value is -3.09. The molecule has 1 aliphatic rings. The van der Waals surface area contributed by atoms with Gasteiger partial charge in [0.15, 0.2) is 0 Å². The van der Waals surface area contributed by atoms with Crippen molar-refractivity contribution in [2.45, 2.75) is 18.9 Å². The second-order valence-electron chi connectivity index (χ2n) is 6.28. The molecule has 2 aromatic heterocycles. The van der Waals surface area contributed by atoms with Crippen LogP contribution in [0.15, 0.2) is 42.6 Å². The van der Waals surface area contributed by atoms with Crippen molar-refractivity contribution in [3.63, 3.8) is 0 Å². The fraction of sp³-hybridized carbons (Fsp3) is 0.211. The number of amides is 1. The molecule has 3 aromatic rings. The second kappa shape index (κ2) is 6.33. The summed E-state index contributed by atoms with van der Waals surface area (Å²) in [6, 6.07) is 8.22. The average Bonchev–Trinajstić information content (AvgIpc) is 3.12. The lowest BCUT2D eigenvalue weighted by molar-refractivity contribution is 0.100. The van der Waals surface area contributed by atoms with Crippen molar-refractivity contribution >= 4 is 22.8 Å². The van der Waals surface area contributed by atoms with Gasteiger partial charge in [-0.3, -0.25) is 9.78 Å². The molecule has 1 saturated heterocycles. The number of carbonyl (C=O) groups excluding carboxylic acids is 1. The number of nitrogens with zero attached hydrogens (tertiary/aromatic N) is 3. The Labute approximate surface area is 148 Å². The standard InChI is InChI=1S/C19H16F2N4O/c20-11-3-4-14(21)13(10-11)16-2-1-9-25(16)17-6-5-15-18(24-17)12(19(22)26)7-8-23-15/h3-8,10,16H,1-2,9H2,(H2,22,26). The molecule has 1 fully saturated rings. The minimum absolute atomic E-state index is 0.282. The fourth-order valence-corrected chi connectivity index (χ4v) is 3.51. The van der Waals surface area contributed by atoms with Gasteiger partial charge in [-0.2, -0.15) is 0 Å². The number of aromatic nitrogens is 2. The summed E-state index contributed by atoms with van der Waals surface area (Å²) in [5.41, 5.74) is 6.98. The summed E-state index contributed by atoms with van der Waals surface area (Å²) in [6.45, 7) is 0.658. The highest BCUT2D eigenvalue weighted by atomic mass is 19.1. The minimum Gasteiger partial charge on any atom is -0.366 e. The van der Waals surface area contributed by atoms with E-state index < -0.39 is 17.5 Å². The van der Waals surface area contributed by atoms with E-state index in [1.807, 2.05) is 4.90 Å². The molecule has 3 heterocycles. The molecule has 1 aromatic carbocycles. The predicted molar refractivity (Wildman–Crippen MR) is 93.7 cm³/mol. The van der Waals surface area contributed by atoms with Crippen molar-refractivity contribution < 1.29 is 13.6 Å². The molecule has 5 nitrogen and oxygen atoms in total. The van der Waals surface area contributed by atoms with Crippen LogP contribution in [-0.4, -0.2) is 22.4 Å². The van der Waals surface area contributed by atoms with Crippen molar-refractivity contribution in [2.75, 3.05) is 11.4 Å². The van der Waals surface area contributed by atoms with E-state index in [4.69, 9.17) is 5.73 Å². The SMILES string of the molecule is NC(=O)c1ccnc2ccc(N3CCCC3c3cc(F)ccc3F)nc12. The Morgan fingerprint density at radius 2 is 2.04 bits per heavy atom. The van der Waals surface area contributed by atoms with E-state index in [0.717, 1.165) is 18.6 Å². The van der Waals surface area contributed by atoms with E-state index in [0.29, 0.717) is 35.4 Å². The zero-order valence-electron chi connectivity index (χ0n) is 13.8. The number of primary amides is 1. The van der Waals surface area contributed by atoms with Crippen molar-refractivity contribution in [2.24, 2.45) is 5.73 Å². The Bertz CT molecular complexity index is 1010. The van der Waals surface area contributed by atoms with Gasteiger partial charge in [0, 0.05) is 18.3 Å². The minimum atomic E-state index is -0.587. The number of hydrogen-bond donors (Lipinski definition) is 1. The normalized spacial score (nSPS) is 17.0. The number of hydrogen-bond acceptors (Lipinski definition) is 4. The van der Waals surface area contributed by atoms with Crippen LogP contribution in [0.3, 0.4) is 0 Å². The maximum absolute atomic E-state index is 14.2. The lowest BCUT2D eigenvalue weighted by atomic mass is 10.0. The van der Waals surface area contributed by atoms with Crippen molar-refractivity contribution in [1.82, 2.24) is 9.97 Å². The third-order valence-corrected chi connectivity index (χ3v) is 4.70. The average molecular weight is 354 g/mol. The van der Waals surface area contributed by atoms with Crippen molar-refractivity contribution in [3.8, 4) is 0 Å². The van der Waals surface area contributed by atoms with Gasteiger partial charge < -0.3 is 10.6 Å². The third-order valence-electron chi connectivity index (χ3n) is 4.70. The predicted octanol–water partition coefficient (Wildman–Crippen LogP) is 3.35. The summed E-state index contributed by atoms with van der Waals surface area (Å²) in [5.74, 6) is -0.918. The Balaban J connectivity index is 1.80. The summed E-state index contributed by atoms with van der Waals surface area (Å²) in [6.07, 6.45) is 3.02. The van der Waals surface area contributed by atoms with Crippen LogP contribution in [-0.2, 0) is 0 Å². The molecule has 26 heavy (non-hydrogen) atoms. The number of rotatable bonds is 3. The molecule has 1 amide bonds. The van der Waals surface area contributed by atoms with E-state index in [2.05, 4.69) is 9.97 Å². The van der Waals surface area contributed by atoms with Gasteiger partial charge in [0.2, 0.25) is 0 Å². The van der Waals surface area contributed by atoms with Crippen LogP contribution >= 0.6 is 0 Å². The summed E-state index contributed by atoms with van der Waals surface area (Å²) in [5, 5.41) is 0. The van der Waals surface area contributed by atoms with Crippen LogP contribution in [0.25, 0.3) is 11.0 Å². The Morgan fingerprint density at radius 3 is 2.85 bits per heavy atom. The topological polar surface area (TPSA) is 72.1 Å². The van der Waals surface area contributed by atoms with Crippen LogP contribution in [0.1, 0.15) is 34.8 Å². The number of pyridine rings is 2. The van der Waals surface area contributed by atoms with Crippen LogP contribution in [0.2, 0.25) is 0 Å². The number of benzene rings is 1. The van der Waals surface area contributed by atoms with Gasteiger partial charge in [0.05, 0.1) is 17.1 Å². The van der Waals surface area contributed by atoms with Gasteiger partial charge in [0.25, 0.3) is 5.91 Å². The number of anilines is 1. The highest BCUT2D eigenvalue weighted by molar-refractivity contribution is 6.03. The smallest absolute Gasteiger partial charge is 0.251 e. The largest absolute Gasteiger partial charge is 0.366 e. The van der Waals surface area contributed by atoms with Gasteiger partial charge in [-0.15, -0.1) is 0 Å². The molecule has 4 rings (SSSR count). The molecule has 1 atom stereocenters. The van der Waals surface area contributed by atoms with E-state index in [1.54, 1.807) is 12.1 Å². The fourth-order valence-electron chi connectivity index (χ4n) is 3.51. The molecule has 0 spiro atoms. The quantitative estimate of drug-likeness (QED) is 0.783. The monoisotopic (exact) mass is 354 g/mol. The van der Waals surface area contributed by atoms with E-state index in [9.17, 15) is 13.6 Å². The van der Waals surface area contributed by atoms with Gasteiger partial charge in [-0.1, -0.05) is 0 Å². The molecule has 0 aliphatic carbocycles. The first-order chi connectivity index (χ1) is 12.5. The third kappa shape index (κ3) is 2.75. The maximum Gasteiger partial charge on any atom is 0.251 e. The molecule has 0 saturated carbocycles. The van der Waals surface area contributed by atoms with Crippen LogP contribution < -0.4 is 10.6 Å². The maximum atomic E-state index is 14.2. The lowest BCUT2D eigenvalue weighted by Gasteiger charge is -2.26. The molecular formula is C19H16F2N4O. The van der Waals surface area contributed by atoms with Crippen LogP contribution in [0.4, 0.5) is 14.6 Å². The first kappa shape index (κ1) is 16.4. The zero-order valence-corrected chi connectivity index (χ0v) is 13.8. The Morgan fingerprint density at radius 1 is 1.19 bits per heavy atom. The number of nitrogens with two attached hydrogens (primary N) is 1. The molecule has 0 radical (unpaired) electrons. The second-order valence-corrected chi connectivity index (χ2v) is 6.28. The number of carbonyl (C=O) groups is 1. The highest BCUT2D eigenvalue weighted by Gasteiger charge is 2.30. The lowest BCUT2D eigenvalue weighted by Crippen LogP contribution is -2.24. The van der Waals surface area contributed by atoms with E-state index in [-0.39, 0.29) is 11.6 Å². The summed E-state index contributed by atoms with van der Waals surface area (Å²) in [7, 11) is 0. The molecule has 7 heteroatoms. The molecule has 132 valence electrons. The van der Waals surface area contributed by atoms with Crippen molar-refractivity contribution in [3.05, 3.63) is 65.4 Å². The van der Waals surface area contributed by atoms with Crippen LogP contribution in [0.5, 0.6) is 0 Å². The zero-order chi connectivity index (χ0) is 18.3. The number of halogens is 2. The van der Waals surface area contributed by atoms with Crippen LogP contribution in [0, 0.1) is 11.6 Å². The molecule has 0 bridgehead atoms. The Kier molecular flexibility index (Phi) is 3.99. The molecular weight excluding hydrogens is 338 g/mol. The first-order valence-electron chi connectivity index (χ1n) is 8.32. The molecule has 1 unspecified atom stereocenters. The van der Waals surface area contributed by atoms with Gasteiger partial charge >= 0.3 is 0 Å². The summed E-state index contributed by atoms with van der Waals surface area (Å²) in [4.78, 5) is 22.3. The molecule has 1 aliphatic heterocycles. The van der Waals surface area contributed by atoms with Gasteiger partial charge in [-0.25, -0.2) is 13.8 Å². The highest BCUT2D eigenvalue weighted by Crippen LogP contribution is 2.37. The summed E-state index contributed by atoms with van der Waals surface area (Å²) >= 11 is 0. The molecule has 2 N–H and O–H groups in total. The van der Waals surface area contributed by atoms with Gasteiger partial charge in [-0.05, 0) is 49.2 Å². The summed E-state index contributed by atoms with van der Waals surface area (Å²) < 4.78 is 27.9. The van der Waals surface area contributed by atoms with Gasteiger partial charge in [0.1, 0.15) is 23.0 Å². The van der Waals surface area contributed by atoms with Crippen molar-refractivity contribution in [1.29, 1.82) is 0 Å².